The molecule has 0 fully saturated rings. The maximum atomic E-state index is 12.8. The fourth-order valence-corrected chi connectivity index (χ4v) is 8.81. The lowest BCUT2D eigenvalue weighted by Gasteiger charge is -2.24. The smallest absolute Gasteiger partial charge is 0.462 e. The van der Waals surface area contributed by atoms with Gasteiger partial charge in [-0.25, -0.2) is 4.57 Å². The van der Waals surface area contributed by atoms with Gasteiger partial charge in [0.15, 0.2) is 6.10 Å². The van der Waals surface area contributed by atoms with Gasteiger partial charge in [-0.1, -0.05) is 218 Å². The molecule has 1 N–H and O–H groups in total. The van der Waals surface area contributed by atoms with Crippen LogP contribution >= 0.6 is 7.82 Å². The number of nitrogens with zero attached hydrogens (tertiary/aromatic N) is 1. The van der Waals surface area contributed by atoms with Gasteiger partial charge in [-0.2, -0.15) is 0 Å². The lowest BCUT2D eigenvalue weighted by molar-refractivity contribution is -0.870. The van der Waals surface area contributed by atoms with Crippen molar-refractivity contribution in [3.63, 3.8) is 0 Å². The second-order valence-corrected chi connectivity index (χ2v) is 21.8. The van der Waals surface area contributed by atoms with E-state index in [0.717, 1.165) is 32.1 Å². The third-order valence-corrected chi connectivity index (χ3v) is 13.4. The Balaban J connectivity index is 4.17. The maximum absolute atomic E-state index is 12.8. The number of ether oxygens (including phenoxy) is 2. The minimum atomic E-state index is -4.38. The van der Waals surface area contributed by atoms with Gasteiger partial charge in [0, 0.05) is 12.8 Å². The topological polar surface area (TPSA) is 108 Å². The van der Waals surface area contributed by atoms with E-state index < -0.39 is 26.5 Å². The van der Waals surface area contributed by atoms with Gasteiger partial charge in [-0.05, 0) is 64.2 Å². The molecule has 10 heteroatoms. The summed E-state index contributed by atoms with van der Waals surface area (Å²) in [5.74, 6) is -0.786. The summed E-state index contributed by atoms with van der Waals surface area (Å²) < 4.78 is 34.6. The molecule has 0 rings (SSSR count). The maximum Gasteiger partial charge on any atom is 0.472 e. The zero-order chi connectivity index (χ0) is 48.5. The number of esters is 2. The monoisotopic (exact) mass is 955 g/mol. The fraction of sp³-hybridized carbons (Fsp3) is 0.893. The number of allylic oxidation sites excluding steroid dienone is 4. The largest absolute Gasteiger partial charge is 0.472 e. The molecule has 66 heavy (non-hydrogen) atoms. The van der Waals surface area contributed by atoms with E-state index in [2.05, 4.69) is 38.2 Å². The number of carbonyl (C=O) groups is 2. The van der Waals surface area contributed by atoms with Crippen molar-refractivity contribution in [1.82, 2.24) is 0 Å². The minimum absolute atomic E-state index is 0.0336. The highest BCUT2D eigenvalue weighted by Crippen LogP contribution is 2.43. The van der Waals surface area contributed by atoms with Crippen molar-refractivity contribution in [2.45, 2.75) is 277 Å². The van der Waals surface area contributed by atoms with E-state index in [0.29, 0.717) is 23.9 Å². The molecule has 0 aromatic heterocycles. The SMILES string of the molecule is CCCCCCCC/C=C/CCCCCCCCCCCCCC(=O)OCC(COP(=O)(O)OCC[N+](C)(C)C)OC(=O)CCCCCCCCCCCCC/C=C/CCCCCCCC. The number of phosphoric acid groups is 1. The molecule has 0 saturated heterocycles. The van der Waals surface area contributed by atoms with Crippen LogP contribution in [0.15, 0.2) is 24.3 Å². The van der Waals surface area contributed by atoms with E-state index in [-0.39, 0.29) is 25.6 Å². The molecule has 0 aromatic rings. The Bertz CT molecular complexity index is 1170. The highest BCUT2D eigenvalue weighted by molar-refractivity contribution is 7.47. The van der Waals surface area contributed by atoms with Gasteiger partial charge in [0.2, 0.25) is 0 Å². The first-order chi connectivity index (χ1) is 32.0. The van der Waals surface area contributed by atoms with Crippen LogP contribution in [0.25, 0.3) is 0 Å². The number of hydrogen-bond donors (Lipinski definition) is 1. The van der Waals surface area contributed by atoms with Crippen LogP contribution in [0.4, 0.5) is 0 Å². The summed E-state index contributed by atoms with van der Waals surface area (Å²) in [7, 11) is 1.49. The molecule has 390 valence electrons. The van der Waals surface area contributed by atoms with Crippen LogP contribution < -0.4 is 0 Å². The summed E-state index contributed by atoms with van der Waals surface area (Å²) in [6.45, 7) is 4.47. The quantitative estimate of drug-likeness (QED) is 0.0211. The number of likely N-dealkylation sites (N-methyl/N-ethyl adjacent to an activating group) is 1. The molecule has 0 aromatic carbocycles. The average molecular weight is 955 g/mol. The standard InChI is InChI=1S/C56H108NO8P/c1-6-8-10-12-14-16-18-20-22-24-26-28-30-32-34-36-38-40-42-44-46-48-55(58)62-52-54(53-64-66(60,61)63-51-50-57(3,4)5)65-56(59)49-47-45-43-41-39-37-35-33-31-29-27-25-23-21-19-17-15-13-11-9-7-2/h20-23,54H,6-19,24-53H2,1-5H3/p+1/b22-20+,23-21+. The molecule has 2 atom stereocenters. The molecule has 0 radical (unpaired) electrons. The van der Waals surface area contributed by atoms with Crippen LogP contribution in [0.5, 0.6) is 0 Å². The Morgan fingerprint density at radius 1 is 0.455 bits per heavy atom. The van der Waals surface area contributed by atoms with Crippen LogP contribution in [0, 0.1) is 0 Å². The Labute approximate surface area is 409 Å². The van der Waals surface area contributed by atoms with E-state index in [1.807, 2.05) is 21.1 Å². The van der Waals surface area contributed by atoms with E-state index in [4.69, 9.17) is 18.5 Å². The van der Waals surface area contributed by atoms with Crippen LogP contribution in [-0.4, -0.2) is 74.9 Å². The molecular weight excluding hydrogens is 846 g/mol. The molecule has 0 heterocycles. The number of unbranched alkanes of at least 4 members (excludes halogenated alkanes) is 34. The van der Waals surface area contributed by atoms with Crippen molar-refractivity contribution in [2.75, 3.05) is 47.5 Å². The lowest BCUT2D eigenvalue weighted by atomic mass is 10.0. The van der Waals surface area contributed by atoms with Crippen LogP contribution in [0.2, 0.25) is 0 Å². The third kappa shape index (κ3) is 51.9. The van der Waals surface area contributed by atoms with Gasteiger partial charge in [-0.15, -0.1) is 0 Å². The van der Waals surface area contributed by atoms with Gasteiger partial charge in [0.25, 0.3) is 0 Å². The molecule has 9 nitrogen and oxygen atoms in total. The Morgan fingerprint density at radius 2 is 0.773 bits per heavy atom. The fourth-order valence-electron chi connectivity index (χ4n) is 8.07. The first-order valence-electron chi connectivity index (χ1n) is 28.1. The lowest BCUT2D eigenvalue weighted by Crippen LogP contribution is -2.37. The predicted octanol–water partition coefficient (Wildman–Crippen LogP) is 17.0. The summed E-state index contributed by atoms with van der Waals surface area (Å²) >= 11 is 0. The van der Waals surface area contributed by atoms with Crippen LogP contribution in [0.3, 0.4) is 0 Å². The normalized spacial score (nSPS) is 13.5. The van der Waals surface area contributed by atoms with Gasteiger partial charge in [-0.3, -0.25) is 18.6 Å². The third-order valence-electron chi connectivity index (χ3n) is 12.5. The summed E-state index contributed by atoms with van der Waals surface area (Å²) in [6.07, 6.45) is 56.6. The summed E-state index contributed by atoms with van der Waals surface area (Å²) in [5.41, 5.74) is 0. The Kier molecular flexibility index (Phi) is 47.4. The van der Waals surface area contributed by atoms with Crippen molar-refractivity contribution in [1.29, 1.82) is 0 Å². The Hall–Kier alpha value is -1.51. The molecule has 0 saturated carbocycles. The molecule has 0 bridgehead atoms. The number of hydrogen-bond acceptors (Lipinski definition) is 7. The van der Waals surface area contributed by atoms with Crippen molar-refractivity contribution >= 4 is 19.8 Å². The van der Waals surface area contributed by atoms with Gasteiger partial charge < -0.3 is 18.9 Å². The summed E-state index contributed by atoms with van der Waals surface area (Å²) in [4.78, 5) is 35.6. The zero-order valence-electron chi connectivity index (χ0n) is 44.2. The zero-order valence-corrected chi connectivity index (χ0v) is 45.1. The van der Waals surface area contributed by atoms with Gasteiger partial charge in [0.05, 0.1) is 27.7 Å². The second-order valence-electron chi connectivity index (χ2n) is 20.3. The minimum Gasteiger partial charge on any atom is -0.462 e. The van der Waals surface area contributed by atoms with Gasteiger partial charge in [0.1, 0.15) is 19.8 Å². The average Bonchev–Trinajstić information content (AvgIpc) is 3.27. The number of phosphoric ester groups is 1. The highest BCUT2D eigenvalue weighted by Gasteiger charge is 2.27. The molecule has 0 aliphatic heterocycles. The molecule has 0 aliphatic rings. The van der Waals surface area contributed by atoms with Crippen molar-refractivity contribution in [2.24, 2.45) is 0 Å². The van der Waals surface area contributed by atoms with Crippen molar-refractivity contribution in [3.8, 4) is 0 Å². The first kappa shape index (κ1) is 64.5. The number of quaternary nitrogens is 1. The van der Waals surface area contributed by atoms with E-state index in [9.17, 15) is 19.0 Å². The molecule has 2 unspecified atom stereocenters. The van der Waals surface area contributed by atoms with Crippen molar-refractivity contribution < 1.29 is 42.1 Å². The summed E-state index contributed by atoms with van der Waals surface area (Å²) in [6, 6.07) is 0. The van der Waals surface area contributed by atoms with E-state index in [1.54, 1.807) is 0 Å². The van der Waals surface area contributed by atoms with Crippen molar-refractivity contribution in [3.05, 3.63) is 24.3 Å². The molecule has 0 spiro atoms. The molecule has 0 aliphatic carbocycles. The van der Waals surface area contributed by atoms with E-state index >= 15 is 0 Å². The second kappa shape index (κ2) is 48.5. The predicted molar refractivity (Wildman–Crippen MR) is 280 cm³/mol. The molecular formula is C56H109NO8P+. The van der Waals surface area contributed by atoms with E-state index in [1.165, 1.54) is 205 Å². The first-order valence-corrected chi connectivity index (χ1v) is 29.6. The van der Waals surface area contributed by atoms with Crippen LogP contribution in [-0.2, 0) is 32.7 Å². The highest BCUT2D eigenvalue weighted by atomic mass is 31.2. The summed E-state index contributed by atoms with van der Waals surface area (Å²) in [5, 5.41) is 0. The number of rotatable bonds is 52. The van der Waals surface area contributed by atoms with Crippen LogP contribution in [0.1, 0.15) is 271 Å². The molecule has 0 amide bonds. The van der Waals surface area contributed by atoms with Gasteiger partial charge >= 0.3 is 19.8 Å². The number of carbonyl (C=O) groups excluding carboxylic acids is 2. The Morgan fingerprint density at radius 3 is 1.12 bits per heavy atom.